The van der Waals surface area contributed by atoms with Crippen LogP contribution >= 0.6 is 0 Å². The predicted octanol–water partition coefficient (Wildman–Crippen LogP) is 3.87. The Kier molecular flexibility index (Phi) is 6.04. The largest absolute Gasteiger partial charge is 0.419 e. The second-order valence-corrected chi connectivity index (χ2v) is 11.2. The van der Waals surface area contributed by atoms with Gasteiger partial charge in [0.05, 0.1) is 11.4 Å². The van der Waals surface area contributed by atoms with Crippen LogP contribution in [0.25, 0.3) is 11.3 Å². The molecule has 0 bridgehead atoms. The van der Waals surface area contributed by atoms with E-state index in [1.165, 1.54) is 30.5 Å². The third-order valence-electron chi connectivity index (χ3n) is 5.54. The predicted molar refractivity (Wildman–Crippen MR) is 124 cm³/mol. The van der Waals surface area contributed by atoms with Crippen LogP contribution in [0.2, 0.25) is 0 Å². The average Bonchev–Trinajstić information content (AvgIpc) is 2.75. The van der Waals surface area contributed by atoms with Gasteiger partial charge in [0.25, 0.3) is 5.91 Å². The van der Waals surface area contributed by atoms with Gasteiger partial charge in [0.1, 0.15) is 11.4 Å². The zero-order valence-corrected chi connectivity index (χ0v) is 19.9. The smallest absolute Gasteiger partial charge is 0.351 e. The van der Waals surface area contributed by atoms with Crippen LogP contribution in [0.15, 0.2) is 42.7 Å². The van der Waals surface area contributed by atoms with Gasteiger partial charge in [-0.2, -0.15) is 13.2 Å². The third-order valence-corrected chi connectivity index (χ3v) is 6.40. The third kappa shape index (κ3) is 5.42. The molecule has 3 heterocycles. The van der Waals surface area contributed by atoms with Crippen LogP contribution in [0.3, 0.4) is 0 Å². The summed E-state index contributed by atoms with van der Waals surface area (Å²) in [7, 11) is -3.29. The van der Waals surface area contributed by atoms with E-state index in [0.29, 0.717) is 29.4 Å². The summed E-state index contributed by atoms with van der Waals surface area (Å²) < 4.78 is 64.6. The van der Waals surface area contributed by atoms with Gasteiger partial charge in [-0.05, 0) is 35.4 Å². The van der Waals surface area contributed by atoms with E-state index >= 15 is 0 Å². The number of rotatable bonds is 5. The fourth-order valence-electron chi connectivity index (χ4n) is 3.86. The summed E-state index contributed by atoms with van der Waals surface area (Å²) in [5.74, 6) is -0.471. The first kappa shape index (κ1) is 24.6. The minimum Gasteiger partial charge on any atom is -0.351 e. The Morgan fingerprint density at radius 2 is 1.89 bits per heavy atom. The maximum atomic E-state index is 13.8. The Morgan fingerprint density at radius 3 is 2.57 bits per heavy atom. The summed E-state index contributed by atoms with van der Waals surface area (Å²) in [4.78, 5) is 24.2. The molecule has 0 saturated heterocycles. The van der Waals surface area contributed by atoms with Crippen LogP contribution in [0, 0.1) is 0 Å². The standard InChI is InChI=1S/C23H22F3N5O3S/c1-22(2)12-29-20(32)15-5-4-14(9-16(15)22)19-17(23(24,25)26)10-28-21(31-19)30-18-8-13(6-7-27-18)11-35(3,33)34/h4-10H,11-12H2,1-3H3,(H,29,32)(H,27,28,30,31). The maximum absolute atomic E-state index is 13.8. The minimum atomic E-state index is -4.72. The lowest BCUT2D eigenvalue weighted by Gasteiger charge is -2.32. The van der Waals surface area contributed by atoms with Crippen LogP contribution in [0.5, 0.6) is 0 Å². The van der Waals surface area contributed by atoms with Crippen LogP contribution in [0.4, 0.5) is 24.9 Å². The van der Waals surface area contributed by atoms with Crippen molar-refractivity contribution in [2.45, 2.75) is 31.2 Å². The van der Waals surface area contributed by atoms with E-state index in [-0.39, 0.29) is 34.7 Å². The van der Waals surface area contributed by atoms with Crippen molar-refractivity contribution >= 4 is 27.5 Å². The Bertz CT molecular complexity index is 1420. The highest BCUT2D eigenvalue weighted by Crippen LogP contribution is 2.39. The fourth-order valence-corrected chi connectivity index (χ4v) is 4.65. The highest BCUT2D eigenvalue weighted by molar-refractivity contribution is 7.89. The molecule has 1 aromatic carbocycles. The number of nitrogens with zero attached hydrogens (tertiary/aromatic N) is 3. The number of carbonyl (C=O) groups excluding carboxylic acids is 1. The van der Waals surface area contributed by atoms with Crippen molar-refractivity contribution < 1.29 is 26.4 Å². The van der Waals surface area contributed by atoms with Crippen molar-refractivity contribution in [3.63, 3.8) is 0 Å². The summed E-state index contributed by atoms with van der Waals surface area (Å²) in [5, 5.41) is 5.52. The number of anilines is 2. The van der Waals surface area contributed by atoms with Crippen LogP contribution in [0.1, 0.15) is 40.9 Å². The normalized spacial score (nSPS) is 15.3. The number of amides is 1. The van der Waals surface area contributed by atoms with Gasteiger partial charge in [-0.25, -0.2) is 23.4 Å². The average molecular weight is 506 g/mol. The first-order valence-electron chi connectivity index (χ1n) is 10.5. The van der Waals surface area contributed by atoms with Crippen molar-refractivity contribution in [3.05, 3.63) is 65.0 Å². The lowest BCUT2D eigenvalue weighted by Crippen LogP contribution is -2.43. The number of carbonyl (C=O) groups is 1. The number of halogens is 3. The van der Waals surface area contributed by atoms with Gasteiger partial charge in [0.2, 0.25) is 5.95 Å². The molecular weight excluding hydrogens is 483 g/mol. The van der Waals surface area contributed by atoms with Gasteiger partial charge in [-0.3, -0.25) is 4.79 Å². The highest BCUT2D eigenvalue weighted by Gasteiger charge is 2.37. The molecule has 1 aliphatic heterocycles. The summed E-state index contributed by atoms with van der Waals surface area (Å²) in [6.07, 6.45) is -1.56. The van der Waals surface area contributed by atoms with E-state index in [4.69, 9.17) is 0 Å². The second-order valence-electron chi connectivity index (χ2n) is 9.02. The SMILES string of the molecule is CC1(C)CNC(=O)c2ccc(-c3nc(Nc4cc(CS(C)(=O)=O)ccn4)ncc3C(F)(F)F)cc21. The van der Waals surface area contributed by atoms with Crippen molar-refractivity contribution in [1.82, 2.24) is 20.3 Å². The van der Waals surface area contributed by atoms with E-state index in [2.05, 4.69) is 25.6 Å². The van der Waals surface area contributed by atoms with Crippen molar-refractivity contribution in [1.29, 1.82) is 0 Å². The lowest BCUT2D eigenvalue weighted by atomic mass is 9.78. The number of hydrogen-bond donors (Lipinski definition) is 2. The Morgan fingerprint density at radius 1 is 1.14 bits per heavy atom. The van der Waals surface area contributed by atoms with Gasteiger partial charge < -0.3 is 10.6 Å². The number of hydrogen-bond acceptors (Lipinski definition) is 7. The molecule has 0 saturated carbocycles. The molecule has 1 aliphatic rings. The number of benzene rings is 1. The Labute approximate surface area is 200 Å². The monoisotopic (exact) mass is 505 g/mol. The molecule has 35 heavy (non-hydrogen) atoms. The Balaban J connectivity index is 1.77. The molecule has 184 valence electrons. The summed E-state index contributed by atoms with van der Waals surface area (Å²) >= 11 is 0. The number of alkyl halides is 3. The molecule has 0 unspecified atom stereocenters. The van der Waals surface area contributed by atoms with E-state index < -0.39 is 27.0 Å². The van der Waals surface area contributed by atoms with Crippen molar-refractivity contribution in [3.8, 4) is 11.3 Å². The minimum absolute atomic E-state index is 0.147. The van der Waals surface area contributed by atoms with Crippen LogP contribution < -0.4 is 10.6 Å². The van der Waals surface area contributed by atoms with Gasteiger partial charge in [-0.15, -0.1) is 0 Å². The van der Waals surface area contributed by atoms with E-state index in [1.807, 2.05) is 13.8 Å². The van der Waals surface area contributed by atoms with Gasteiger partial charge in [0, 0.05) is 41.7 Å². The molecular formula is C23H22F3N5O3S. The molecule has 12 heteroatoms. The quantitative estimate of drug-likeness (QED) is 0.541. The molecule has 0 fully saturated rings. The zero-order chi connectivity index (χ0) is 25.6. The zero-order valence-electron chi connectivity index (χ0n) is 19.1. The maximum Gasteiger partial charge on any atom is 0.419 e. The molecule has 0 atom stereocenters. The number of sulfone groups is 1. The number of aromatic nitrogens is 3. The van der Waals surface area contributed by atoms with Crippen molar-refractivity contribution in [2.24, 2.45) is 0 Å². The summed E-state index contributed by atoms with van der Waals surface area (Å²) in [5.41, 5.74) is -0.217. The number of nitrogens with one attached hydrogen (secondary N) is 2. The number of fused-ring (bicyclic) bond motifs is 1. The second kappa shape index (κ2) is 8.59. The van der Waals surface area contributed by atoms with Gasteiger partial charge >= 0.3 is 6.18 Å². The van der Waals surface area contributed by atoms with Gasteiger partial charge in [0.15, 0.2) is 9.84 Å². The molecule has 2 N–H and O–H groups in total. The fraction of sp³-hybridized carbons (Fsp3) is 0.304. The molecule has 2 aromatic heterocycles. The van der Waals surface area contributed by atoms with E-state index in [1.54, 1.807) is 6.07 Å². The van der Waals surface area contributed by atoms with E-state index in [9.17, 15) is 26.4 Å². The van der Waals surface area contributed by atoms with Crippen molar-refractivity contribution in [2.75, 3.05) is 18.1 Å². The molecule has 4 rings (SSSR count). The van der Waals surface area contributed by atoms with E-state index in [0.717, 1.165) is 6.26 Å². The highest BCUT2D eigenvalue weighted by atomic mass is 32.2. The molecule has 1 amide bonds. The molecule has 0 aliphatic carbocycles. The molecule has 0 radical (unpaired) electrons. The Hall–Kier alpha value is -3.54. The molecule has 8 nitrogen and oxygen atoms in total. The topological polar surface area (TPSA) is 114 Å². The molecule has 0 spiro atoms. The first-order chi connectivity index (χ1) is 16.2. The summed E-state index contributed by atoms with van der Waals surface area (Å²) in [6, 6.07) is 7.46. The van der Waals surface area contributed by atoms with Gasteiger partial charge in [-0.1, -0.05) is 19.9 Å². The lowest BCUT2D eigenvalue weighted by molar-refractivity contribution is -0.137. The van der Waals surface area contributed by atoms with Crippen LogP contribution in [-0.4, -0.2) is 42.1 Å². The molecule has 3 aromatic rings. The number of pyridine rings is 1. The van der Waals surface area contributed by atoms with Crippen LogP contribution in [-0.2, 0) is 27.2 Å². The first-order valence-corrected chi connectivity index (χ1v) is 12.6. The summed E-state index contributed by atoms with van der Waals surface area (Å²) in [6.45, 7) is 4.13.